The van der Waals surface area contributed by atoms with Crippen molar-refractivity contribution in [1.82, 2.24) is 4.98 Å². The summed E-state index contributed by atoms with van der Waals surface area (Å²) in [6.07, 6.45) is -0.160. The summed E-state index contributed by atoms with van der Waals surface area (Å²) in [5.41, 5.74) is 1.79. The topological polar surface area (TPSA) is 65.8 Å². The Labute approximate surface area is 116 Å². The fourth-order valence-corrected chi connectivity index (χ4v) is 2.32. The number of aromatic nitrogens is 1. The Balaban J connectivity index is 2.13. The molecule has 0 aliphatic heterocycles. The highest BCUT2D eigenvalue weighted by molar-refractivity contribution is 9.10. The number of nitrogens with one attached hydrogen (secondary N) is 1. The number of halogens is 1. The summed E-state index contributed by atoms with van der Waals surface area (Å²) < 4.78 is 1.00. The molecule has 1 N–H and O–H groups in total. The third-order valence-electron chi connectivity index (χ3n) is 2.13. The average molecular weight is 322 g/mol. The summed E-state index contributed by atoms with van der Waals surface area (Å²) in [6.45, 7) is 0. The van der Waals surface area contributed by atoms with Crippen LogP contribution in [-0.4, -0.2) is 10.9 Å². The van der Waals surface area contributed by atoms with Crippen LogP contribution >= 0.6 is 27.3 Å². The monoisotopic (exact) mass is 321 g/mol. The van der Waals surface area contributed by atoms with Gasteiger partial charge in [-0.3, -0.25) is 4.79 Å². The number of carbonyl (C=O) groups is 1. The van der Waals surface area contributed by atoms with Gasteiger partial charge in [-0.15, -0.1) is 11.3 Å². The summed E-state index contributed by atoms with van der Waals surface area (Å²) in [6, 6.07) is 9.55. The maximum absolute atomic E-state index is 11.2. The highest BCUT2D eigenvalue weighted by atomic mass is 79.9. The van der Waals surface area contributed by atoms with Crippen LogP contribution in [0.5, 0.6) is 0 Å². The van der Waals surface area contributed by atoms with Crippen molar-refractivity contribution in [2.24, 2.45) is 0 Å². The number of rotatable bonds is 3. The smallest absolute Gasteiger partial charge is 0.240 e. The summed E-state index contributed by atoms with van der Waals surface area (Å²) in [7, 11) is 0. The lowest BCUT2D eigenvalue weighted by molar-refractivity contribution is -0.115. The van der Waals surface area contributed by atoms with Crippen LogP contribution in [0.25, 0.3) is 11.3 Å². The lowest BCUT2D eigenvalue weighted by Gasteiger charge is -1.97. The second-order valence-electron chi connectivity index (χ2n) is 3.43. The molecule has 2 rings (SSSR count). The van der Waals surface area contributed by atoms with Gasteiger partial charge in [0, 0.05) is 15.4 Å². The molecule has 0 spiro atoms. The van der Waals surface area contributed by atoms with E-state index in [0.717, 1.165) is 15.7 Å². The zero-order valence-electron chi connectivity index (χ0n) is 9.18. The number of hydrogen-bond acceptors (Lipinski definition) is 4. The molecule has 90 valence electrons. The summed E-state index contributed by atoms with van der Waals surface area (Å²) in [5, 5.41) is 13.3. The molecule has 1 aromatic heterocycles. The van der Waals surface area contributed by atoms with Gasteiger partial charge >= 0.3 is 0 Å². The van der Waals surface area contributed by atoms with Crippen LogP contribution in [0.4, 0.5) is 5.13 Å². The number of hydrogen-bond donors (Lipinski definition) is 1. The Morgan fingerprint density at radius 2 is 2.17 bits per heavy atom. The molecule has 0 fully saturated rings. The zero-order chi connectivity index (χ0) is 13.0. The number of amides is 1. The van der Waals surface area contributed by atoms with E-state index in [1.54, 1.807) is 6.07 Å². The summed E-state index contributed by atoms with van der Waals surface area (Å²) in [5.74, 6) is -0.339. The number of thiazole rings is 1. The van der Waals surface area contributed by atoms with Crippen LogP contribution in [0, 0.1) is 11.3 Å². The van der Waals surface area contributed by atoms with Gasteiger partial charge in [0.15, 0.2) is 5.13 Å². The van der Waals surface area contributed by atoms with Gasteiger partial charge in [0.1, 0.15) is 6.42 Å². The van der Waals surface area contributed by atoms with Gasteiger partial charge in [0.2, 0.25) is 5.91 Å². The Bertz CT molecular complexity index is 601. The fourth-order valence-electron chi connectivity index (χ4n) is 1.32. The molecule has 4 nitrogen and oxygen atoms in total. The van der Waals surface area contributed by atoms with Gasteiger partial charge in [-0.2, -0.15) is 5.26 Å². The van der Waals surface area contributed by atoms with Gasteiger partial charge in [0.05, 0.1) is 11.8 Å². The van der Waals surface area contributed by atoms with Crippen LogP contribution in [0.1, 0.15) is 6.42 Å². The summed E-state index contributed by atoms with van der Waals surface area (Å²) >= 11 is 4.71. The van der Waals surface area contributed by atoms with Crippen molar-refractivity contribution >= 4 is 38.3 Å². The molecule has 0 bridgehead atoms. The minimum atomic E-state index is -0.339. The normalized spacial score (nSPS) is 9.78. The first-order valence-corrected chi connectivity index (χ1v) is 6.74. The number of nitrogens with zero attached hydrogens (tertiary/aromatic N) is 2. The number of anilines is 1. The first-order valence-electron chi connectivity index (χ1n) is 5.07. The Kier molecular flexibility index (Phi) is 4.07. The molecule has 0 atom stereocenters. The average Bonchev–Trinajstić information content (AvgIpc) is 2.78. The van der Waals surface area contributed by atoms with Crippen molar-refractivity contribution in [3.05, 3.63) is 34.1 Å². The zero-order valence-corrected chi connectivity index (χ0v) is 11.6. The first-order chi connectivity index (χ1) is 8.69. The second-order valence-corrected chi connectivity index (χ2v) is 5.20. The Morgan fingerprint density at radius 1 is 1.44 bits per heavy atom. The molecule has 0 aliphatic rings. The first kappa shape index (κ1) is 12.7. The molecule has 18 heavy (non-hydrogen) atoms. The molecule has 1 amide bonds. The molecule has 0 radical (unpaired) electrons. The third-order valence-corrected chi connectivity index (χ3v) is 3.42. The van der Waals surface area contributed by atoms with Crippen LogP contribution in [0.15, 0.2) is 34.1 Å². The molecule has 0 aliphatic carbocycles. The fraction of sp³-hybridized carbons (Fsp3) is 0.0833. The maximum Gasteiger partial charge on any atom is 0.240 e. The van der Waals surface area contributed by atoms with E-state index in [-0.39, 0.29) is 12.3 Å². The molecule has 1 heterocycles. The van der Waals surface area contributed by atoms with Crippen LogP contribution in [0.3, 0.4) is 0 Å². The van der Waals surface area contributed by atoms with E-state index in [1.807, 2.05) is 29.6 Å². The standard InChI is InChI=1S/C12H8BrN3OS/c13-9-3-1-8(2-4-9)10-7-18-12(15-10)16-11(17)5-6-14/h1-4,7H,5H2,(H,15,16,17). The molecule has 0 saturated heterocycles. The van der Waals surface area contributed by atoms with Crippen molar-refractivity contribution < 1.29 is 4.79 Å². The van der Waals surface area contributed by atoms with Crippen molar-refractivity contribution in [3.8, 4) is 17.3 Å². The van der Waals surface area contributed by atoms with E-state index in [0.29, 0.717) is 5.13 Å². The molecule has 2 aromatic rings. The van der Waals surface area contributed by atoms with E-state index >= 15 is 0 Å². The number of nitriles is 1. The van der Waals surface area contributed by atoms with Crippen molar-refractivity contribution in [3.63, 3.8) is 0 Å². The highest BCUT2D eigenvalue weighted by Crippen LogP contribution is 2.26. The molecule has 0 saturated carbocycles. The van der Waals surface area contributed by atoms with Crippen molar-refractivity contribution in [1.29, 1.82) is 5.26 Å². The van der Waals surface area contributed by atoms with E-state index in [9.17, 15) is 4.79 Å². The van der Waals surface area contributed by atoms with Gasteiger partial charge in [-0.05, 0) is 12.1 Å². The second kappa shape index (κ2) is 5.76. The SMILES string of the molecule is N#CCC(=O)Nc1nc(-c2ccc(Br)cc2)cs1. The number of benzene rings is 1. The van der Waals surface area contributed by atoms with E-state index in [1.165, 1.54) is 11.3 Å². The third kappa shape index (κ3) is 3.15. The maximum atomic E-state index is 11.2. The minimum Gasteiger partial charge on any atom is -0.301 e. The van der Waals surface area contributed by atoms with Crippen LogP contribution in [0.2, 0.25) is 0 Å². The summed E-state index contributed by atoms with van der Waals surface area (Å²) in [4.78, 5) is 15.5. The largest absolute Gasteiger partial charge is 0.301 e. The van der Waals surface area contributed by atoms with Gasteiger partial charge in [-0.1, -0.05) is 28.1 Å². The Morgan fingerprint density at radius 3 is 2.83 bits per heavy atom. The molecule has 1 aromatic carbocycles. The van der Waals surface area contributed by atoms with E-state index in [4.69, 9.17) is 5.26 Å². The minimum absolute atomic E-state index is 0.160. The highest BCUT2D eigenvalue weighted by Gasteiger charge is 2.07. The predicted octanol–water partition coefficient (Wildman–Crippen LogP) is 3.42. The van der Waals surface area contributed by atoms with E-state index < -0.39 is 0 Å². The molecule has 6 heteroatoms. The van der Waals surface area contributed by atoms with Crippen molar-refractivity contribution in [2.75, 3.05) is 5.32 Å². The van der Waals surface area contributed by atoms with Crippen LogP contribution < -0.4 is 5.32 Å². The predicted molar refractivity (Wildman–Crippen MR) is 74.1 cm³/mol. The van der Waals surface area contributed by atoms with Crippen molar-refractivity contribution in [2.45, 2.75) is 6.42 Å². The van der Waals surface area contributed by atoms with Gasteiger partial charge < -0.3 is 5.32 Å². The quantitative estimate of drug-likeness (QED) is 0.941. The lowest BCUT2D eigenvalue weighted by atomic mass is 10.2. The molecular formula is C12H8BrN3OS. The number of carbonyl (C=O) groups excluding carboxylic acids is 1. The Hall–Kier alpha value is -1.71. The lowest BCUT2D eigenvalue weighted by Crippen LogP contribution is -2.09. The van der Waals surface area contributed by atoms with Gasteiger partial charge in [0.25, 0.3) is 0 Å². The van der Waals surface area contributed by atoms with Gasteiger partial charge in [-0.25, -0.2) is 4.98 Å². The molecular weight excluding hydrogens is 314 g/mol. The van der Waals surface area contributed by atoms with E-state index in [2.05, 4.69) is 26.2 Å². The molecule has 0 unspecified atom stereocenters. The van der Waals surface area contributed by atoms with Crippen LogP contribution in [-0.2, 0) is 4.79 Å².